The highest BCUT2D eigenvalue weighted by Crippen LogP contribution is 2.11. The highest BCUT2D eigenvalue weighted by Gasteiger charge is 2.30. The Bertz CT molecular complexity index is 462. The first-order valence-electron chi connectivity index (χ1n) is 8.32. The molecule has 0 aromatic heterocycles. The number of carbonyl (C=O) groups excluding carboxylic acids is 2. The lowest BCUT2D eigenvalue weighted by Crippen LogP contribution is -2.56. The van der Waals surface area contributed by atoms with Gasteiger partial charge in [0, 0.05) is 45.3 Å². The van der Waals surface area contributed by atoms with Gasteiger partial charge < -0.3 is 14.5 Å². The van der Waals surface area contributed by atoms with Crippen LogP contribution in [-0.2, 0) is 14.3 Å². The van der Waals surface area contributed by atoms with Gasteiger partial charge in [0.2, 0.25) is 11.8 Å². The van der Waals surface area contributed by atoms with Gasteiger partial charge in [-0.1, -0.05) is 18.2 Å². The fourth-order valence-electron chi connectivity index (χ4n) is 2.89. The van der Waals surface area contributed by atoms with Gasteiger partial charge in [0.15, 0.2) is 0 Å². The predicted molar refractivity (Wildman–Crippen MR) is 89.0 cm³/mol. The van der Waals surface area contributed by atoms with Crippen molar-refractivity contribution in [1.29, 1.82) is 0 Å². The molecular formula is C17H27N3O3. The van der Waals surface area contributed by atoms with E-state index in [2.05, 4.69) is 4.90 Å². The molecule has 2 saturated heterocycles. The largest absolute Gasteiger partial charge is 0.378 e. The first-order valence-corrected chi connectivity index (χ1v) is 8.32. The molecule has 2 heterocycles. The van der Waals surface area contributed by atoms with E-state index in [1.54, 1.807) is 12.2 Å². The van der Waals surface area contributed by atoms with Crippen molar-refractivity contribution in [3.63, 3.8) is 0 Å². The Hall–Kier alpha value is -1.66. The summed E-state index contributed by atoms with van der Waals surface area (Å²) in [5.74, 6) is 0.205. The molecule has 0 aromatic carbocycles. The third-order valence-electron chi connectivity index (χ3n) is 4.40. The lowest BCUT2D eigenvalue weighted by Gasteiger charge is -2.39. The summed E-state index contributed by atoms with van der Waals surface area (Å²) in [6.07, 6.45) is 7.09. The molecule has 6 heteroatoms. The van der Waals surface area contributed by atoms with E-state index in [4.69, 9.17) is 4.74 Å². The van der Waals surface area contributed by atoms with Crippen molar-refractivity contribution in [2.75, 3.05) is 52.5 Å². The summed E-state index contributed by atoms with van der Waals surface area (Å²) < 4.78 is 5.29. The number of piperazine rings is 1. The molecule has 2 fully saturated rings. The van der Waals surface area contributed by atoms with Crippen molar-refractivity contribution in [1.82, 2.24) is 14.7 Å². The molecule has 0 N–H and O–H groups in total. The van der Waals surface area contributed by atoms with E-state index in [1.165, 1.54) is 0 Å². The number of amides is 2. The molecule has 0 saturated carbocycles. The van der Waals surface area contributed by atoms with E-state index in [1.807, 2.05) is 35.8 Å². The SMILES string of the molecule is C/C=C/C=C\C(=O)N1CCN([C@H](C)C(=O)N2CCOCC2)CC1. The summed E-state index contributed by atoms with van der Waals surface area (Å²) in [5.41, 5.74) is 0. The number of rotatable bonds is 4. The Balaban J connectivity index is 1.81. The topological polar surface area (TPSA) is 53.1 Å². The second-order valence-corrected chi connectivity index (χ2v) is 5.86. The van der Waals surface area contributed by atoms with E-state index in [9.17, 15) is 9.59 Å². The third kappa shape index (κ3) is 4.91. The molecule has 2 aliphatic heterocycles. The van der Waals surface area contributed by atoms with Crippen LogP contribution in [0.1, 0.15) is 13.8 Å². The summed E-state index contributed by atoms with van der Waals surface area (Å²) in [4.78, 5) is 30.4. The van der Waals surface area contributed by atoms with Gasteiger partial charge in [-0.05, 0) is 13.8 Å². The molecule has 1 atom stereocenters. The highest BCUT2D eigenvalue weighted by molar-refractivity contribution is 5.88. The van der Waals surface area contributed by atoms with E-state index in [0.29, 0.717) is 39.4 Å². The monoisotopic (exact) mass is 321 g/mol. The Morgan fingerprint density at radius 3 is 2.22 bits per heavy atom. The van der Waals surface area contributed by atoms with E-state index in [-0.39, 0.29) is 17.9 Å². The summed E-state index contributed by atoms with van der Waals surface area (Å²) in [7, 11) is 0. The van der Waals surface area contributed by atoms with Gasteiger partial charge in [-0.3, -0.25) is 14.5 Å². The fourth-order valence-corrected chi connectivity index (χ4v) is 2.89. The van der Waals surface area contributed by atoms with Crippen LogP contribution in [0.25, 0.3) is 0 Å². The Kier molecular flexibility index (Phi) is 6.80. The van der Waals surface area contributed by atoms with Gasteiger partial charge in [0.25, 0.3) is 0 Å². The van der Waals surface area contributed by atoms with Gasteiger partial charge in [0.1, 0.15) is 0 Å². The van der Waals surface area contributed by atoms with Crippen LogP contribution in [-0.4, -0.2) is 85.0 Å². The molecule has 0 aromatic rings. The quantitative estimate of drug-likeness (QED) is 0.559. The molecule has 2 amide bonds. The number of allylic oxidation sites excluding steroid dienone is 3. The highest BCUT2D eigenvalue weighted by atomic mass is 16.5. The molecule has 0 aliphatic carbocycles. The normalized spacial score (nSPS) is 22.0. The standard InChI is InChI=1S/C17H27N3O3/c1-3-4-5-6-16(21)19-9-7-18(8-10-19)15(2)17(22)20-11-13-23-14-12-20/h3-6,15H,7-14H2,1-2H3/b4-3+,6-5-/t15-/m1/s1. The zero-order chi connectivity index (χ0) is 16.7. The number of morpholine rings is 1. The van der Waals surface area contributed by atoms with Gasteiger partial charge >= 0.3 is 0 Å². The van der Waals surface area contributed by atoms with Crippen LogP contribution in [0.5, 0.6) is 0 Å². The fraction of sp³-hybridized carbons (Fsp3) is 0.647. The zero-order valence-electron chi connectivity index (χ0n) is 14.1. The van der Waals surface area contributed by atoms with Crippen LogP contribution < -0.4 is 0 Å². The molecule has 0 unspecified atom stereocenters. The minimum Gasteiger partial charge on any atom is -0.378 e. The molecule has 2 rings (SSSR count). The maximum atomic E-state index is 12.5. The van der Waals surface area contributed by atoms with E-state index >= 15 is 0 Å². The Labute approximate surface area is 138 Å². The molecular weight excluding hydrogens is 294 g/mol. The molecule has 6 nitrogen and oxygen atoms in total. The van der Waals surface area contributed by atoms with Crippen molar-refractivity contribution in [3.05, 3.63) is 24.3 Å². The van der Waals surface area contributed by atoms with Gasteiger partial charge in [0.05, 0.1) is 19.3 Å². The number of ether oxygens (including phenoxy) is 1. The lowest BCUT2D eigenvalue weighted by molar-refractivity contribution is -0.141. The summed E-state index contributed by atoms with van der Waals surface area (Å²) in [5, 5.41) is 0. The number of nitrogens with zero attached hydrogens (tertiary/aromatic N) is 3. The van der Waals surface area contributed by atoms with Crippen molar-refractivity contribution in [3.8, 4) is 0 Å². The average Bonchev–Trinajstić information content (AvgIpc) is 2.61. The van der Waals surface area contributed by atoms with Gasteiger partial charge in [-0.15, -0.1) is 0 Å². The Morgan fingerprint density at radius 1 is 0.957 bits per heavy atom. The van der Waals surface area contributed by atoms with Crippen molar-refractivity contribution >= 4 is 11.8 Å². The molecule has 0 spiro atoms. The van der Waals surface area contributed by atoms with E-state index in [0.717, 1.165) is 13.1 Å². The lowest BCUT2D eigenvalue weighted by atomic mass is 10.2. The average molecular weight is 321 g/mol. The summed E-state index contributed by atoms with van der Waals surface area (Å²) in [6.45, 7) is 9.29. The number of carbonyl (C=O) groups is 2. The summed E-state index contributed by atoms with van der Waals surface area (Å²) in [6, 6.07) is -0.135. The first kappa shape index (κ1) is 17.7. The van der Waals surface area contributed by atoms with Crippen LogP contribution in [0.15, 0.2) is 24.3 Å². The predicted octanol–water partition coefficient (Wildman–Crippen LogP) is 0.510. The van der Waals surface area contributed by atoms with Gasteiger partial charge in [-0.2, -0.15) is 0 Å². The molecule has 128 valence electrons. The van der Waals surface area contributed by atoms with Crippen LogP contribution in [0.3, 0.4) is 0 Å². The zero-order valence-corrected chi connectivity index (χ0v) is 14.1. The number of hydrogen-bond donors (Lipinski definition) is 0. The summed E-state index contributed by atoms with van der Waals surface area (Å²) >= 11 is 0. The van der Waals surface area contributed by atoms with Gasteiger partial charge in [-0.25, -0.2) is 0 Å². The first-order chi connectivity index (χ1) is 11.1. The maximum Gasteiger partial charge on any atom is 0.246 e. The van der Waals surface area contributed by atoms with Crippen molar-refractivity contribution in [2.24, 2.45) is 0 Å². The Morgan fingerprint density at radius 2 is 1.61 bits per heavy atom. The molecule has 0 radical (unpaired) electrons. The molecule has 2 aliphatic rings. The third-order valence-corrected chi connectivity index (χ3v) is 4.40. The molecule has 0 bridgehead atoms. The molecule has 23 heavy (non-hydrogen) atoms. The second kappa shape index (κ2) is 8.84. The van der Waals surface area contributed by atoms with Crippen LogP contribution in [0, 0.1) is 0 Å². The van der Waals surface area contributed by atoms with Crippen LogP contribution in [0.4, 0.5) is 0 Å². The van der Waals surface area contributed by atoms with Crippen molar-refractivity contribution < 1.29 is 14.3 Å². The maximum absolute atomic E-state index is 12.5. The minimum atomic E-state index is -0.135. The number of hydrogen-bond acceptors (Lipinski definition) is 4. The minimum absolute atomic E-state index is 0.0370. The van der Waals surface area contributed by atoms with E-state index < -0.39 is 0 Å². The second-order valence-electron chi connectivity index (χ2n) is 5.86. The smallest absolute Gasteiger partial charge is 0.246 e. The van der Waals surface area contributed by atoms with Crippen LogP contribution >= 0.6 is 0 Å². The van der Waals surface area contributed by atoms with Crippen LogP contribution in [0.2, 0.25) is 0 Å². The van der Waals surface area contributed by atoms with Crippen molar-refractivity contribution in [2.45, 2.75) is 19.9 Å².